The van der Waals surface area contributed by atoms with Crippen LogP contribution in [0.3, 0.4) is 0 Å². The molecule has 1 atom stereocenters. The van der Waals surface area contributed by atoms with Crippen molar-refractivity contribution in [1.82, 2.24) is 9.80 Å². The summed E-state index contributed by atoms with van der Waals surface area (Å²) in [6, 6.07) is 11.0. The highest BCUT2D eigenvalue weighted by Gasteiger charge is 2.27. The van der Waals surface area contributed by atoms with Gasteiger partial charge in [0.15, 0.2) is 11.5 Å². The maximum Gasteiger partial charge on any atom is 0.161 e. The van der Waals surface area contributed by atoms with Gasteiger partial charge in [0.2, 0.25) is 0 Å². The van der Waals surface area contributed by atoms with Crippen molar-refractivity contribution in [2.45, 2.75) is 25.6 Å². The van der Waals surface area contributed by atoms with E-state index < -0.39 is 0 Å². The normalized spacial score (nSPS) is 21.0. The Kier molecular flexibility index (Phi) is 5.75. The molecular weight excluding hydrogens is 348 g/mol. The number of rotatable bonds is 6. The number of benzene rings is 1. The number of hydrogen-bond acceptors (Lipinski definition) is 6. The number of thiophene rings is 1. The standard InChI is InChI=1S/C20H26N2O3S/c23-8-5-17-14-21(6-7-22(17)15-18-2-1-11-26-18)13-16-3-4-19-20(12-16)25-10-9-24-19/h1-4,11-12,17,23H,5-10,13-15H2. The second-order valence-electron chi connectivity index (χ2n) is 6.93. The molecule has 1 fully saturated rings. The summed E-state index contributed by atoms with van der Waals surface area (Å²) in [5.74, 6) is 1.70. The van der Waals surface area contributed by atoms with E-state index in [0.29, 0.717) is 19.3 Å². The average molecular weight is 375 g/mol. The van der Waals surface area contributed by atoms with Crippen LogP contribution in [-0.4, -0.2) is 60.4 Å². The van der Waals surface area contributed by atoms with E-state index >= 15 is 0 Å². The van der Waals surface area contributed by atoms with Gasteiger partial charge >= 0.3 is 0 Å². The Bertz CT molecular complexity index is 707. The third-order valence-electron chi connectivity index (χ3n) is 5.10. The minimum atomic E-state index is 0.240. The van der Waals surface area contributed by atoms with Gasteiger partial charge in [-0.1, -0.05) is 12.1 Å². The summed E-state index contributed by atoms with van der Waals surface area (Å²) in [6.45, 7) is 6.45. The molecule has 5 nitrogen and oxygen atoms in total. The van der Waals surface area contributed by atoms with Gasteiger partial charge in [0.05, 0.1) is 0 Å². The Balaban J connectivity index is 1.39. The molecule has 0 saturated carbocycles. The molecule has 1 saturated heterocycles. The van der Waals surface area contributed by atoms with Crippen LogP contribution >= 0.6 is 11.3 Å². The summed E-state index contributed by atoms with van der Waals surface area (Å²) < 4.78 is 11.3. The van der Waals surface area contributed by atoms with Gasteiger partial charge in [0, 0.05) is 50.2 Å². The van der Waals surface area contributed by atoms with Crippen molar-refractivity contribution in [2.24, 2.45) is 0 Å². The van der Waals surface area contributed by atoms with E-state index in [1.165, 1.54) is 10.4 Å². The van der Waals surface area contributed by atoms with Crippen molar-refractivity contribution in [1.29, 1.82) is 0 Å². The highest BCUT2D eigenvalue weighted by molar-refractivity contribution is 7.09. The van der Waals surface area contributed by atoms with E-state index in [4.69, 9.17) is 9.47 Å². The highest BCUT2D eigenvalue weighted by Crippen LogP contribution is 2.31. The second kappa shape index (κ2) is 8.39. The van der Waals surface area contributed by atoms with E-state index in [1.54, 1.807) is 0 Å². The average Bonchev–Trinajstić information content (AvgIpc) is 3.17. The van der Waals surface area contributed by atoms with Crippen molar-refractivity contribution < 1.29 is 14.6 Å². The number of fused-ring (bicyclic) bond motifs is 1. The first kappa shape index (κ1) is 17.8. The van der Waals surface area contributed by atoms with Gasteiger partial charge in [-0.2, -0.15) is 0 Å². The van der Waals surface area contributed by atoms with E-state index in [2.05, 4.69) is 39.4 Å². The van der Waals surface area contributed by atoms with Crippen LogP contribution in [0.5, 0.6) is 11.5 Å². The highest BCUT2D eigenvalue weighted by atomic mass is 32.1. The van der Waals surface area contributed by atoms with E-state index in [9.17, 15) is 5.11 Å². The van der Waals surface area contributed by atoms with E-state index in [1.807, 2.05) is 17.4 Å². The fourth-order valence-corrected chi connectivity index (χ4v) is 4.51. The minimum Gasteiger partial charge on any atom is -0.486 e. The van der Waals surface area contributed by atoms with E-state index in [-0.39, 0.29) is 6.61 Å². The van der Waals surface area contributed by atoms with Crippen LogP contribution < -0.4 is 9.47 Å². The summed E-state index contributed by atoms with van der Waals surface area (Å²) in [5.41, 5.74) is 1.25. The second-order valence-corrected chi connectivity index (χ2v) is 7.96. The summed E-state index contributed by atoms with van der Waals surface area (Å²) >= 11 is 1.81. The quantitative estimate of drug-likeness (QED) is 0.842. The van der Waals surface area contributed by atoms with Gasteiger partial charge in [-0.3, -0.25) is 9.80 Å². The van der Waals surface area contributed by atoms with Crippen molar-refractivity contribution in [2.75, 3.05) is 39.5 Å². The molecule has 0 radical (unpaired) electrons. The molecule has 1 aromatic heterocycles. The molecule has 1 unspecified atom stereocenters. The summed E-state index contributed by atoms with van der Waals surface area (Å²) in [7, 11) is 0. The van der Waals surface area contributed by atoms with Gasteiger partial charge in [-0.25, -0.2) is 0 Å². The first-order valence-electron chi connectivity index (χ1n) is 9.30. The predicted molar refractivity (Wildman–Crippen MR) is 103 cm³/mol. The van der Waals surface area contributed by atoms with Crippen molar-refractivity contribution in [3.8, 4) is 11.5 Å². The molecule has 3 heterocycles. The maximum atomic E-state index is 9.50. The lowest BCUT2D eigenvalue weighted by atomic mass is 10.1. The maximum absolute atomic E-state index is 9.50. The lowest BCUT2D eigenvalue weighted by molar-refractivity contribution is 0.0506. The third-order valence-corrected chi connectivity index (χ3v) is 5.96. The lowest BCUT2D eigenvalue weighted by Gasteiger charge is -2.41. The summed E-state index contributed by atoms with van der Waals surface area (Å²) in [5, 5.41) is 11.6. The van der Waals surface area contributed by atoms with Crippen LogP contribution in [0, 0.1) is 0 Å². The molecule has 4 rings (SSSR count). The lowest BCUT2D eigenvalue weighted by Crippen LogP contribution is -2.52. The zero-order chi connectivity index (χ0) is 17.8. The molecule has 0 spiro atoms. The van der Waals surface area contributed by atoms with Gasteiger partial charge in [-0.15, -0.1) is 11.3 Å². The molecule has 0 bridgehead atoms. The van der Waals surface area contributed by atoms with Gasteiger partial charge in [0.25, 0.3) is 0 Å². The zero-order valence-corrected chi connectivity index (χ0v) is 15.8. The Morgan fingerprint density at radius 3 is 2.77 bits per heavy atom. The Morgan fingerprint density at radius 2 is 1.96 bits per heavy atom. The van der Waals surface area contributed by atoms with E-state index in [0.717, 1.165) is 50.6 Å². The molecule has 2 aliphatic rings. The van der Waals surface area contributed by atoms with Crippen molar-refractivity contribution in [3.05, 3.63) is 46.2 Å². The molecule has 2 aromatic rings. The first-order valence-corrected chi connectivity index (χ1v) is 10.2. The molecule has 6 heteroatoms. The Hall–Kier alpha value is -1.60. The fourth-order valence-electron chi connectivity index (χ4n) is 3.78. The van der Waals surface area contributed by atoms with Crippen LogP contribution in [0.1, 0.15) is 16.9 Å². The Labute approximate surface area is 158 Å². The SMILES string of the molecule is OCCC1CN(Cc2ccc3c(c2)OCCO3)CCN1Cc1cccs1. The number of ether oxygens (including phenoxy) is 2. The van der Waals surface area contributed by atoms with Crippen LogP contribution in [0.2, 0.25) is 0 Å². The van der Waals surface area contributed by atoms with Crippen LogP contribution in [0.25, 0.3) is 0 Å². The van der Waals surface area contributed by atoms with Gasteiger partial charge < -0.3 is 14.6 Å². The number of piperazine rings is 1. The first-order chi connectivity index (χ1) is 12.8. The summed E-state index contributed by atoms with van der Waals surface area (Å²) in [4.78, 5) is 6.40. The molecule has 0 amide bonds. The van der Waals surface area contributed by atoms with Crippen LogP contribution in [0.4, 0.5) is 0 Å². The third kappa shape index (κ3) is 4.20. The van der Waals surface area contributed by atoms with Gasteiger partial charge in [0.1, 0.15) is 13.2 Å². The number of hydrogen-bond donors (Lipinski definition) is 1. The zero-order valence-electron chi connectivity index (χ0n) is 15.0. The molecule has 2 aliphatic heterocycles. The largest absolute Gasteiger partial charge is 0.486 e. The fraction of sp³-hybridized carbons (Fsp3) is 0.500. The summed E-state index contributed by atoms with van der Waals surface area (Å²) in [6.07, 6.45) is 0.822. The smallest absolute Gasteiger partial charge is 0.161 e. The molecule has 1 aromatic carbocycles. The minimum absolute atomic E-state index is 0.240. The molecule has 140 valence electrons. The number of nitrogens with zero attached hydrogens (tertiary/aromatic N) is 2. The number of aliphatic hydroxyl groups excluding tert-OH is 1. The van der Waals surface area contributed by atoms with Gasteiger partial charge in [-0.05, 0) is 35.6 Å². The molecular formula is C20H26N2O3S. The van der Waals surface area contributed by atoms with Crippen molar-refractivity contribution in [3.63, 3.8) is 0 Å². The monoisotopic (exact) mass is 374 g/mol. The molecule has 26 heavy (non-hydrogen) atoms. The number of aliphatic hydroxyl groups is 1. The topological polar surface area (TPSA) is 45.2 Å². The van der Waals surface area contributed by atoms with Crippen LogP contribution in [0.15, 0.2) is 35.7 Å². The van der Waals surface area contributed by atoms with Crippen molar-refractivity contribution >= 4 is 11.3 Å². The van der Waals surface area contributed by atoms with Crippen LogP contribution in [-0.2, 0) is 13.1 Å². The molecule has 1 N–H and O–H groups in total. The Morgan fingerprint density at radius 1 is 1.08 bits per heavy atom. The molecule has 0 aliphatic carbocycles. The predicted octanol–water partition coefficient (Wildman–Crippen LogP) is 2.59.